The third kappa shape index (κ3) is 8.98. The maximum atomic E-state index is 14.9. The lowest BCUT2D eigenvalue weighted by Crippen LogP contribution is -2.42. The number of carbonyl (C=O) groups excluding carboxylic acids is 2. The fourth-order valence-electron chi connectivity index (χ4n) is 6.96. The van der Waals surface area contributed by atoms with E-state index in [9.17, 15) is 31.5 Å². The van der Waals surface area contributed by atoms with E-state index in [-0.39, 0.29) is 44.1 Å². The van der Waals surface area contributed by atoms with Gasteiger partial charge in [-0.25, -0.2) is 8.78 Å². The Morgan fingerprint density at radius 2 is 1.63 bits per heavy atom. The van der Waals surface area contributed by atoms with Crippen molar-refractivity contribution >= 4 is 31.5 Å². The Bertz CT molecular complexity index is 1550. The van der Waals surface area contributed by atoms with Crippen LogP contribution in [0.4, 0.5) is 22.0 Å². The lowest BCUT2D eigenvalue weighted by atomic mass is 9.86. The third-order valence-corrected chi connectivity index (χ3v) is 15.5. The van der Waals surface area contributed by atoms with E-state index in [1.54, 1.807) is 6.92 Å². The Morgan fingerprint density at radius 3 is 2.14 bits per heavy atom. The van der Waals surface area contributed by atoms with Crippen LogP contribution in [0.1, 0.15) is 103 Å². The third-order valence-electron chi connectivity index (χ3n) is 9.79. The van der Waals surface area contributed by atoms with Crippen molar-refractivity contribution in [3.63, 3.8) is 0 Å². The lowest BCUT2D eigenvalue weighted by molar-refractivity contribution is -0.151. The van der Waals surface area contributed by atoms with Crippen molar-refractivity contribution in [1.29, 1.82) is 0 Å². The molecule has 270 valence electrons. The van der Waals surface area contributed by atoms with Crippen molar-refractivity contribution < 1.29 is 40.7 Å². The van der Waals surface area contributed by atoms with E-state index >= 15 is 0 Å². The lowest BCUT2D eigenvalue weighted by Gasteiger charge is -2.36. The number of rotatable bonds is 14. The van der Waals surface area contributed by atoms with Gasteiger partial charge in [-0.1, -0.05) is 20.8 Å². The molecule has 1 fully saturated rings. The molecule has 2 heterocycles. The summed E-state index contributed by atoms with van der Waals surface area (Å²) in [5, 5.41) is 6.07. The minimum Gasteiger partial charge on any atom is -0.466 e. The molecule has 1 aromatic carbocycles. The first-order valence-electron chi connectivity index (χ1n) is 16.9. The quantitative estimate of drug-likeness (QED) is 0.0940. The molecule has 4 rings (SSSR count). The number of hydrogen-bond acceptors (Lipinski definition) is 6. The number of carbonyl (C=O) groups is 2. The minimum atomic E-state index is -4.94. The summed E-state index contributed by atoms with van der Waals surface area (Å²) in [4.78, 5) is 28.8. The summed E-state index contributed by atoms with van der Waals surface area (Å²) in [6, 6.07) is 4.54. The maximum absolute atomic E-state index is 14.9. The number of halogens is 5. The highest BCUT2D eigenvalue weighted by molar-refractivity contribution is 7.10. The number of aryl methyl sites for hydroxylation is 2. The summed E-state index contributed by atoms with van der Waals surface area (Å²) < 4.78 is 86.3. The molecule has 1 saturated carbocycles. The predicted molar refractivity (Wildman–Crippen MR) is 181 cm³/mol. The molecule has 14 heteroatoms. The molecule has 0 saturated heterocycles. The maximum Gasteiger partial charge on any atom is 0.433 e. The van der Waals surface area contributed by atoms with Gasteiger partial charge in [-0.05, 0) is 98.8 Å². The van der Waals surface area contributed by atoms with E-state index < -0.39 is 61.4 Å². The first-order valence-corrected chi connectivity index (χ1v) is 20.4. The van der Waals surface area contributed by atoms with E-state index in [1.165, 1.54) is 16.2 Å². The predicted octanol–water partition coefficient (Wildman–Crippen LogP) is 9.56. The number of esters is 1. The van der Waals surface area contributed by atoms with Gasteiger partial charge in [-0.2, -0.15) is 18.3 Å². The number of nitrogens with zero attached hydrogens (tertiary/aromatic N) is 3. The van der Waals surface area contributed by atoms with E-state index in [1.807, 2.05) is 19.2 Å². The Hall–Kier alpha value is -3.10. The highest BCUT2D eigenvalue weighted by Crippen LogP contribution is 2.41. The van der Waals surface area contributed by atoms with Gasteiger partial charge in [0.1, 0.15) is 11.6 Å². The van der Waals surface area contributed by atoms with Gasteiger partial charge in [0.15, 0.2) is 14.0 Å². The van der Waals surface area contributed by atoms with Crippen LogP contribution in [0.25, 0.3) is 0 Å². The van der Waals surface area contributed by atoms with Crippen molar-refractivity contribution in [2.75, 3.05) is 13.2 Å². The van der Waals surface area contributed by atoms with Crippen molar-refractivity contribution in [3.8, 4) is 0 Å². The number of amides is 1. The van der Waals surface area contributed by atoms with Gasteiger partial charge >= 0.3 is 12.1 Å². The van der Waals surface area contributed by atoms with Crippen LogP contribution in [0.15, 0.2) is 29.8 Å². The molecule has 1 aliphatic carbocycles. The molecule has 1 atom stereocenters. The number of alkyl halides is 3. The molecule has 0 N–H and O–H groups in total. The topological polar surface area (TPSA) is 73.7 Å². The van der Waals surface area contributed by atoms with Crippen LogP contribution in [0.5, 0.6) is 0 Å². The van der Waals surface area contributed by atoms with Crippen LogP contribution >= 0.6 is 11.3 Å². The Balaban J connectivity index is 1.78. The fraction of sp³-hybridized carbons (Fsp3) is 0.571. The standard InChI is InChI=1S/C35H46F5N3O4SSi/c1-7-46-34(45)25-11-13-28(14-12-25)43-32(35(38,39)40)29(18-41-43)33(44)42(19-24-15-26(36)17-27(37)16-24)20-30(31-22(5)21-48-23(31)6)47-49(8-2,9-3)10-4/h15-18,21,25,28,30H,7-14,19-20H2,1-6H3. The molecule has 7 nitrogen and oxygen atoms in total. The number of aromatic nitrogens is 2. The van der Waals surface area contributed by atoms with Crippen LogP contribution in [0, 0.1) is 31.4 Å². The van der Waals surface area contributed by atoms with Gasteiger partial charge < -0.3 is 14.1 Å². The van der Waals surface area contributed by atoms with Crippen LogP contribution in [0.3, 0.4) is 0 Å². The van der Waals surface area contributed by atoms with E-state index in [2.05, 4.69) is 25.9 Å². The van der Waals surface area contributed by atoms with E-state index in [4.69, 9.17) is 9.16 Å². The van der Waals surface area contributed by atoms with Crippen molar-refractivity contribution in [2.24, 2.45) is 5.92 Å². The summed E-state index contributed by atoms with van der Waals surface area (Å²) in [5.74, 6) is -3.48. The van der Waals surface area contributed by atoms with Gasteiger partial charge in [0.2, 0.25) is 0 Å². The smallest absolute Gasteiger partial charge is 0.433 e. The number of benzene rings is 1. The Kier molecular flexibility index (Phi) is 12.9. The molecule has 3 aromatic rings. The Labute approximate surface area is 289 Å². The molecule has 0 spiro atoms. The van der Waals surface area contributed by atoms with Crippen LogP contribution < -0.4 is 0 Å². The second-order valence-electron chi connectivity index (χ2n) is 12.8. The SMILES string of the molecule is CCOC(=O)C1CCC(n2ncc(C(=O)N(Cc3cc(F)cc(F)c3)CC(O[Si](CC)(CC)CC)c3c(C)csc3C)c2C(F)(F)F)CC1. The molecule has 0 radical (unpaired) electrons. The average molecular weight is 728 g/mol. The zero-order chi connectivity index (χ0) is 36.1. The molecule has 49 heavy (non-hydrogen) atoms. The second kappa shape index (κ2) is 16.3. The van der Waals surface area contributed by atoms with Gasteiger partial charge in [0, 0.05) is 17.5 Å². The summed E-state index contributed by atoms with van der Waals surface area (Å²) in [6.45, 7) is 11.5. The monoisotopic (exact) mass is 727 g/mol. The van der Waals surface area contributed by atoms with E-state index in [0.717, 1.165) is 57.1 Å². The van der Waals surface area contributed by atoms with Gasteiger partial charge in [0.05, 0.1) is 43.0 Å². The normalized spacial score (nSPS) is 17.6. The minimum absolute atomic E-state index is 0.0894. The zero-order valence-electron chi connectivity index (χ0n) is 29.0. The van der Waals surface area contributed by atoms with Crippen molar-refractivity contribution in [3.05, 3.63) is 74.2 Å². The molecule has 0 aliphatic heterocycles. The molecule has 1 unspecified atom stereocenters. The highest BCUT2D eigenvalue weighted by Gasteiger charge is 2.44. The van der Waals surface area contributed by atoms with Gasteiger partial charge in [-0.3, -0.25) is 14.3 Å². The first-order chi connectivity index (χ1) is 23.2. The number of ether oxygens (including phenoxy) is 1. The summed E-state index contributed by atoms with van der Waals surface area (Å²) in [6.07, 6.45) is -3.53. The van der Waals surface area contributed by atoms with Crippen LogP contribution in [-0.2, 0) is 26.7 Å². The number of thiophene rings is 1. The summed E-state index contributed by atoms with van der Waals surface area (Å²) >= 11 is 1.52. The Morgan fingerprint density at radius 1 is 1.02 bits per heavy atom. The molecular formula is C35H46F5N3O4SSi. The molecule has 1 aliphatic rings. The summed E-state index contributed by atoms with van der Waals surface area (Å²) in [5.41, 5.74) is 0.0499. The fourth-order valence-corrected chi connectivity index (χ4v) is 10.7. The van der Waals surface area contributed by atoms with Crippen LogP contribution in [0.2, 0.25) is 18.1 Å². The molecule has 1 amide bonds. The van der Waals surface area contributed by atoms with Crippen molar-refractivity contribution in [2.45, 2.75) is 110 Å². The van der Waals surface area contributed by atoms with Crippen LogP contribution in [-0.4, -0.2) is 48.0 Å². The van der Waals surface area contributed by atoms with Gasteiger partial charge in [-0.15, -0.1) is 11.3 Å². The van der Waals surface area contributed by atoms with Gasteiger partial charge in [0.25, 0.3) is 5.91 Å². The first kappa shape index (κ1) is 38.7. The highest BCUT2D eigenvalue weighted by atomic mass is 32.1. The molecule has 2 aromatic heterocycles. The zero-order valence-corrected chi connectivity index (χ0v) is 30.8. The largest absolute Gasteiger partial charge is 0.466 e. The summed E-state index contributed by atoms with van der Waals surface area (Å²) in [7, 11) is -2.33. The second-order valence-corrected chi connectivity index (χ2v) is 18.6. The average Bonchev–Trinajstić information content (AvgIpc) is 3.65. The van der Waals surface area contributed by atoms with E-state index in [0.29, 0.717) is 18.9 Å². The number of hydrogen-bond donors (Lipinski definition) is 0. The van der Waals surface area contributed by atoms with Crippen molar-refractivity contribution in [1.82, 2.24) is 14.7 Å². The molecule has 0 bridgehead atoms. The molecular weight excluding hydrogens is 682 g/mol.